The SMILES string of the molecule is CC(NCCCn1cccn1)c1ccnn1C. The number of aromatic nitrogens is 4. The number of nitrogens with zero attached hydrogens (tertiary/aromatic N) is 4. The van der Waals surface area contributed by atoms with E-state index >= 15 is 0 Å². The van der Waals surface area contributed by atoms with E-state index in [9.17, 15) is 0 Å². The first-order valence-electron chi connectivity index (χ1n) is 5.96. The molecule has 0 saturated carbocycles. The minimum absolute atomic E-state index is 0.333. The topological polar surface area (TPSA) is 47.7 Å². The van der Waals surface area contributed by atoms with Gasteiger partial charge in [-0.05, 0) is 32.0 Å². The third kappa shape index (κ3) is 3.17. The maximum atomic E-state index is 4.17. The van der Waals surface area contributed by atoms with Crippen LogP contribution < -0.4 is 5.32 Å². The zero-order valence-electron chi connectivity index (χ0n) is 10.4. The Morgan fingerprint density at radius 2 is 2.24 bits per heavy atom. The predicted octanol–water partition coefficient (Wildman–Crippen LogP) is 1.36. The molecule has 0 fully saturated rings. The summed E-state index contributed by atoms with van der Waals surface area (Å²) in [6, 6.07) is 4.33. The van der Waals surface area contributed by atoms with E-state index in [1.165, 1.54) is 5.69 Å². The van der Waals surface area contributed by atoms with Gasteiger partial charge in [0.25, 0.3) is 0 Å². The second-order valence-corrected chi connectivity index (χ2v) is 4.18. The molecule has 0 radical (unpaired) electrons. The molecule has 0 aliphatic carbocycles. The third-order valence-electron chi connectivity index (χ3n) is 2.88. The van der Waals surface area contributed by atoms with Crippen molar-refractivity contribution in [2.45, 2.75) is 25.9 Å². The number of nitrogens with one attached hydrogen (secondary N) is 1. The summed E-state index contributed by atoms with van der Waals surface area (Å²) < 4.78 is 3.86. The summed E-state index contributed by atoms with van der Waals surface area (Å²) in [5, 5.41) is 11.8. The second kappa shape index (κ2) is 5.63. The van der Waals surface area contributed by atoms with E-state index in [2.05, 4.69) is 22.4 Å². The van der Waals surface area contributed by atoms with E-state index in [0.29, 0.717) is 6.04 Å². The summed E-state index contributed by atoms with van der Waals surface area (Å²) in [7, 11) is 1.97. The third-order valence-corrected chi connectivity index (χ3v) is 2.88. The predicted molar refractivity (Wildman–Crippen MR) is 66.5 cm³/mol. The molecule has 0 aromatic carbocycles. The lowest BCUT2D eigenvalue weighted by Gasteiger charge is -2.14. The van der Waals surface area contributed by atoms with E-state index in [1.54, 1.807) is 0 Å². The Hall–Kier alpha value is -1.62. The summed E-state index contributed by atoms with van der Waals surface area (Å²) >= 11 is 0. The molecule has 2 aromatic heterocycles. The fourth-order valence-electron chi connectivity index (χ4n) is 1.91. The van der Waals surface area contributed by atoms with Crippen molar-refractivity contribution in [2.75, 3.05) is 6.54 Å². The Labute approximate surface area is 101 Å². The minimum Gasteiger partial charge on any atom is -0.309 e. The van der Waals surface area contributed by atoms with Crippen LogP contribution in [0.15, 0.2) is 30.7 Å². The number of rotatable bonds is 6. The summed E-state index contributed by atoms with van der Waals surface area (Å²) in [6.07, 6.45) is 6.71. The summed E-state index contributed by atoms with van der Waals surface area (Å²) in [5.74, 6) is 0. The van der Waals surface area contributed by atoms with Crippen LogP contribution in [-0.4, -0.2) is 26.1 Å². The van der Waals surface area contributed by atoms with Gasteiger partial charge in [-0.3, -0.25) is 9.36 Å². The van der Waals surface area contributed by atoms with Gasteiger partial charge in [0.15, 0.2) is 0 Å². The minimum atomic E-state index is 0.333. The Bertz CT molecular complexity index is 431. The van der Waals surface area contributed by atoms with Crippen LogP contribution >= 0.6 is 0 Å². The summed E-state index contributed by atoms with van der Waals surface area (Å²) in [5.41, 5.74) is 1.21. The highest BCUT2D eigenvalue weighted by Gasteiger charge is 2.07. The quantitative estimate of drug-likeness (QED) is 0.766. The molecule has 0 aliphatic heterocycles. The maximum absolute atomic E-state index is 4.17. The van der Waals surface area contributed by atoms with Gasteiger partial charge in [-0.1, -0.05) is 0 Å². The second-order valence-electron chi connectivity index (χ2n) is 4.18. The van der Waals surface area contributed by atoms with Crippen molar-refractivity contribution in [3.8, 4) is 0 Å². The van der Waals surface area contributed by atoms with Crippen LogP contribution in [0.25, 0.3) is 0 Å². The smallest absolute Gasteiger partial charge is 0.0547 e. The van der Waals surface area contributed by atoms with Crippen LogP contribution in [-0.2, 0) is 13.6 Å². The molecule has 92 valence electrons. The Kier molecular flexibility index (Phi) is 3.93. The molecular weight excluding hydrogens is 214 g/mol. The van der Waals surface area contributed by atoms with Crippen LogP contribution in [0.1, 0.15) is 25.1 Å². The molecule has 0 amide bonds. The molecule has 2 rings (SSSR count). The van der Waals surface area contributed by atoms with Gasteiger partial charge in [-0.15, -0.1) is 0 Å². The largest absolute Gasteiger partial charge is 0.309 e. The lowest BCUT2D eigenvalue weighted by Crippen LogP contribution is -2.23. The molecule has 5 nitrogen and oxygen atoms in total. The molecule has 0 aliphatic rings. The van der Waals surface area contributed by atoms with Crippen molar-refractivity contribution in [1.82, 2.24) is 24.9 Å². The van der Waals surface area contributed by atoms with Gasteiger partial charge in [0.05, 0.1) is 5.69 Å². The molecule has 2 heterocycles. The average Bonchev–Trinajstić information content (AvgIpc) is 2.95. The zero-order valence-corrected chi connectivity index (χ0v) is 10.4. The van der Waals surface area contributed by atoms with Crippen LogP contribution in [0.2, 0.25) is 0 Å². The Morgan fingerprint density at radius 3 is 2.88 bits per heavy atom. The van der Waals surface area contributed by atoms with E-state index in [4.69, 9.17) is 0 Å². The van der Waals surface area contributed by atoms with E-state index < -0.39 is 0 Å². The van der Waals surface area contributed by atoms with Crippen LogP contribution in [0.3, 0.4) is 0 Å². The fraction of sp³-hybridized carbons (Fsp3) is 0.500. The first-order chi connectivity index (χ1) is 8.27. The normalized spacial score (nSPS) is 12.8. The molecule has 0 bridgehead atoms. The van der Waals surface area contributed by atoms with Gasteiger partial charge < -0.3 is 5.32 Å². The monoisotopic (exact) mass is 233 g/mol. The van der Waals surface area contributed by atoms with Crippen molar-refractivity contribution in [1.29, 1.82) is 0 Å². The molecule has 1 unspecified atom stereocenters. The van der Waals surface area contributed by atoms with Gasteiger partial charge in [0, 0.05) is 38.2 Å². The fourth-order valence-corrected chi connectivity index (χ4v) is 1.91. The van der Waals surface area contributed by atoms with E-state index in [0.717, 1.165) is 19.5 Å². The number of hydrogen-bond acceptors (Lipinski definition) is 3. The Balaban J connectivity index is 1.70. The standard InChI is InChI=1S/C12H19N5/c1-11(12-5-8-14-16(12)2)13-6-3-9-17-10-4-7-15-17/h4-5,7-8,10-11,13H,3,6,9H2,1-2H3. The van der Waals surface area contributed by atoms with Gasteiger partial charge >= 0.3 is 0 Å². The number of hydrogen-bond donors (Lipinski definition) is 1. The van der Waals surface area contributed by atoms with Gasteiger partial charge in [-0.25, -0.2) is 0 Å². The van der Waals surface area contributed by atoms with Crippen LogP contribution in [0, 0.1) is 0 Å². The molecule has 0 spiro atoms. The molecular formula is C12H19N5. The van der Waals surface area contributed by atoms with Crippen molar-refractivity contribution >= 4 is 0 Å². The first kappa shape index (κ1) is 11.9. The average molecular weight is 233 g/mol. The Morgan fingerprint density at radius 1 is 1.35 bits per heavy atom. The van der Waals surface area contributed by atoms with Crippen molar-refractivity contribution in [2.24, 2.45) is 7.05 Å². The maximum Gasteiger partial charge on any atom is 0.0547 e. The molecule has 5 heteroatoms. The molecule has 1 atom stereocenters. The van der Waals surface area contributed by atoms with Gasteiger partial charge in [0.1, 0.15) is 0 Å². The summed E-state index contributed by atoms with van der Waals surface area (Å²) in [6.45, 7) is 4.09. The highest BCUT2D eigenvalue weighted by atomic mass is 15.3. The molecule has 17 heavy (non-hydrogen) atoms. The van der Waals surface area contributed by atoms with Crippen molar-refractivity contribution in [3.63, 3.8) is 0 Å². The lowest BCUT2D eigenvalue weighted by atomic mass is 10.2. The highest BCUT2D eigenvalue weighted by molar-refractivity contribution is 5.04. The zero-order chi connectivity index (χ0) is 12.1. The number of aryl methyl sites for hydroxylation is 2. The highest BCUT2D eigenvalue weighted by Crippen LogP contribution is 2.09. The van der Waals surface area contributed by atoms with Gasteiger partial charge in [-0.2, -0.15) is 10.2 Å². The van der Waals surface area contributed by atoms with E-state index in [-0.39, 0.29) is 0 Å². The molecule has 2 aromatic rings. The van der Waals surface area contributed by atoms with E-state index in [1.807, 2.05) is 47.1 Å². The van der Waals surface area contributed by atoms with Crippen LogP contribution in [0.5, 0.6) is 0 Å². The molecule has 0 saturated heterocycles. The van der Waals surface area contributed by atoms with Crippen LogP contribution in [0.4, 0.5) is 0 Å². The molecule has 1 N–H and O–H groups in total. The van der Waals surface area contributed by atoms with Crippen molar-refractivity contribution < 1.29 is 0 Å². The first-order valence-corrected chi connectivity index (χ1v) is 5.96. The summed E-state index contributed by atoms with van der Waals surface area (Å²) in [4.78, 5) is 0. The lowest BCUT2D eigenvalue weighted by molar-refractivity contribution is 0.488. The van der Waals surface area contributed by atoms with Crippen molar-refractivity contribution in [3.05, 3.63) is 36.4 Å². The van der Waals surface area contributed by atoms with Gasteiger partial charge in [0.2, 0.25) is 0 Å².